The van der Waals surface area contributed by atoms with Crippen LogP contribution in [0, 0.1) is 12.8 Å². The van der Waals surface area contributed by atoms with Gasteiger partial charge in [-0.3, -0.25) is 15.0 Å². The molecule has 8 heteroatoms. The summed E-state index contributed by atoms with van der Waals surface area (Å²) < 4.78 is 5.06. The van der Waals surface area contributed by atoms with Crippen LogP contribution >= 0.6 is 0 Å². The monoisotopic (exact) mass is 462 g/mol. The minimum absolute atomic E-state index is 0.121. The van der Waals surface area contributed by atoms with Gasteiger partial charge in [0.15, 0.2) is 5.82 Å². The summed E-state index contributed by atoms with van der Waals surface area (Å²) in [6.07, 6.45) is 4.23. The van der Waals surface area contributed by atoms with Crippen LogP contribution in [0.2, 0.25) is 0 Å². The first-order valence-electron chi connectivity index (χ1n) is 12.3. The van der Waals surface area contributed by atoms with Gasteiger partial charge in [-0.1, -0.05) is 13.0 Å². The van der Waals surface area contributed by atoms with Gasteiger partial charge in [-0.25, -0.2) is 0 Å². The number of carbonyl (C=O) groups excluding carboxylic acids is 1. The maximum atomic E-state index is 11.9. The van der Waals surface area contributed by atoms with Crippen molar-refractivity contribution in [2.75, 3.05) is 31.2 Å². The number of aryl methyl sites for hydroxylation is 2. The first kappa shape index (κ1) is 22.7. The lowest BCUT2D eigenvalue weighted by molar-refractivity contribution is -0.129. The van der Waals surface area contributed by atoms with Crippen molar-refractivity contribution in [3.8, 4) is 11.3 Å². The van der Waals surface area contributed by atoms with Gasteiger partial charge in [-0.2, -0.15) is 10.2 Å². The van der Waals surface area contributed by atoms with E-state index in [9.17, 15) is 4.79 Å². The normalized spacial score (nSPS) is 19.3. The molecule has 0 radical (unpaired) electrons. The number of hydrogen-bond donors (Lipinski definition) is 2. The third-order valence-corrected chi connectivity index (χ3v) is 6.97. The molecule has 180 valence electrons. The molecule has 2 aromatic heterocycles. The van der Waals surface area contributed by atoms with Gasteiger partial charge >= 0.3 is 0 Å². The van der Waals surface area contributed by atoms with Crippen molar-refractivity contribution in [2.24, 2.45) is 5.92 Å². The summed E-state index contributed by atoms with van der Waals surface area (Å²) in [5.41, 5.74) is 8.01. The number of anilines is 2. The molecular weight excluding hydrogens is 428 g/mol. The summed E-state index contributed by atoms with van der Waals surface area (Å²) in [5, 5.41) is 15.3. The van der Waals surface area contributed by atoms with Gasteiger partial charge < -0.3 is 14.5 Å². The largest absolute Gasteiger partial charge is 0.381 e. The number of nitrogens with zero attached hydrogens (tertiary/aromatic N) is 4. The highest BCUT2D eigenvalue weighted by molar-refractivity contribution is 5.76. The second-order valence-corrected chi connectivity index (χ2v) is 9.70. The maximum Gasteiger partial charge on any atom is 0.219 e. The number of amides is 1. The molecular formula is C26H34N6O2. The second-order valence-electron chi connectivity index (χ2n) is 9.70. The minimum Gasteiger partial charge on any atom is -0.381 e. The Balaban J connectivity index is 0.000000351. The number of fused-ring (bicyclic) bond motifs is 2. The van der Waals surface area contributed by atoms with Gasteiger partial charge in [0.25, 0.3) is 0 Å². The lowest BCUT2D eigenvalue weighted by Crippen LogP contribution is -2.35. The molecule has 1 atom stereocenters. The predicted octanol–water partition coefficient (Wildman–Crippen LogP) is 4.14. The molecule has 0 saturated carbocycles. The Hall–Kier alpha value is -3.13. The van der Waals surface area contributed by atoms with Crippen molar-refractivity contribution < 1.29 is 9.53 Å². The quantitative estimate of drug-likeness (QED) is 0.597. The Morgan fingerprint density at radius 2 is 2.03 bits per heavy atom. The van der Waals surface area contributed by atoms with Crippen LogP contribution in [0.1, 0.15) is 49.2 Å². The molecule has 1 saturated heterocycles. The molecule has 0 aliphatic carbocycles. The fourth-order valence-corrected chi connectivity index (χ4v) is 4.97. The highest BCUT2D eigenvalue weighted by Gasteiger charge is 2.29. The van der Waals surface area contributed by atoms with Crippen LogP contribution in [0.3, 0.4) is 0 Å². The van der Waals surface area contributed by atoms with E-state index in [0.29, 0.717) is 6.54 Å². The van der Waals surface area contributed by atoms with Crippen molar-refractivity contribution in [3.63, 3.8) is 0 Å². The Morgan fingerprint density at radius 1 is 1.15 bits per heavy atom. The zero-order valence-corrected chi connectivity index (χ0v) is 20.4. The summed E-state index contributed by atoms with van der Waals surface area (Å²) in [5.74, 6) is 1.91. The highest BCUT2D eigenvalue weighted by atomic mass is 16.5. The van der Waals surface area contributed by atoms with E-state index in [4.69, 9.17) is 4.74 Å². The molecule has 5 heterocycles. The smallest absolute Gasteiger partial charge is 0.219 e. The summed E-state index contributed by atoms with van der Waals surface area (Å²) in [6, 6.07) is 8.63. The van der Waals surface area contributed by atoms with E-state index >= 15 is 0 Å². The fourth-order valence-electron chi connectivity index (χ4n) is 4.97. The number of ether oxygens (including phenoxy) is 1. The minimum atomic E-state index is 0.121. The summed E-state index contributed by atoms with van der Waals surface area (Å²) in [6.45, 7) is 10.2. The zero-order chi connectivity index (χ0) is 23.7. The van der Waals surface area contributed by atoms with Gasteiger partial charge in [0, 0.05) is 67.8 Å². The topological polar surface area (TPSA) is 90.1 Å². The van der Waals surface area contributed by atoms with Crippen molar-refractivity contribution in [1.82, 2.24) is 25.3 Å². The van der Waals surface area contributed by atoms with E-state index in [1.54, 1.807) is 6.92 Å². The number of aromatic amines is 2. The van der Waals surface area contributed by atoms with Crippen molar-refractivity contribution in [1.29, 1.82) is 0 Å². The van der Waals surface area contributed by atoms with Gasteiger partial charge in [0.1, 0.15) is 0 Å². The number of H-pyrrole nitrogens is 2. The van der Waals surface area contributed by atoms with Gasteiger partial charge in [-0.05, 0) is 55.9 Å². The molecule has 3 aliphatic heterocycles. The standard InChI is InChI=1S/C21H24N6O.C5H10O/c1-13-10-19(24-22-13)15-5-6-20-16(11-15)4-3-8-27(20)21-17-12-26(14(2)28)9-7-18(17)23-25-21;1-5-2-3-6-4-5/h5-6,10-11H,3-4,7-9,12H2,1-2H3,(H,22,24)(H,23,25);5H,2-4H2,1H3/t;5-/m.0/s1. The van der Waals surface area contributed by atoms with Crippen LogP contribution in [-0.2, 0) is 28.9 Å². The van der Waals surface area contributed by atoms with Crippen LogP contribution in [-0.4, -0.2) is 57.5 Å². The molecule has 8 nitrogen and oxygen atoms in total. The molecule has 1 amide bonds. The molecule has 2 N–H and O–H groups in total. The summed E-state index contributed by atoms with van der Waals surface area (Å²) in [7, 11) is 0. The molecule has 3 aliphatic rings. The Morgan fingerprint density at radius 3 is 2.71 bits per heavy atom. The Kier molecular flexibility index (Phi) is 6.41. The first-order valence-corrected chi connectivity index (χ1v) is 12.3. The number of benzene rings is 1. The molecule has 3 aromatic rings. The molecule has 6 rings (SSSR count). The van der Waals surface area contributed by atoms with Crippen LogP contribution in [0.5, 0.6) is 0 Å². The van der Waals surface area contributed by atoms with Gasteiger partial charge in [-0.15, -0.1) is 0 Å². The van der Waals surface area contributed by atoms with Crippen molar-refractivity contribution in [3.05, 3.63) is 46.8 Å². The van der Waals surface area contributed by atoms with Crippen LogP contribution in [0.15, 0.2) is 24.3 Å². The molecule has 1 fully saturated rings. The number of carbonyl (C=O) groups is 1. The fraction of sp³-hybridized carbons (Fsp3) is 0.500. The SMILES string of the molecule is CC(=O)N1CCc2[nH]nc(N3CCCc4cc(-c5cc(C)[nH]n5)ccc43)c2C1.C[C@H]1CCOC1. The Bertz CT molecular complexity index is 1160. The lowest BCUT2D eigenvalue weighted by Gasteiger charge is -2.32. The number of aromatic nitrogens is 4. The van der Waals surface area contributed by atoms with E-state index in [1.165, 1.54) is 17.7 Å². The van der Waals surface area contributed by atoms with Crippen LogP contribution in [0.25, 0.3) is 11.3 Å². The summed E-state index contributed by atoms with van der Waals surface area (Å²) in [4.78, 5) is 16.1. The van der Waals surface area contributed by atoms with E-state index < -0.39 is 0 Å². The van der Waals surface area contributed by atoms with Crippen LogP contribution in [0.4, 0.5) is 11.5 Å². The van der Waals surface area contributed by atoms with E-state index in [2.05, 4.69) is 56.5 Å². The van der Waals surface area contributed by atoms with E-state index in [0.717, 1.165) is 85.5 Å². The number of rotatable bonds is 2. The average Bonchev–Trinajstić information content (AvgIpc) is 3.59. The second kappa shape index (κ2) is 9.62. The molecule has 0 unspecified atom stereocenters. The van der Waals surface area contributed by atoms with Crippen LogP contribution < -0.4 is 4.90 Å². The number of hydrogen-bond acceptors (Lipinski definition) is 5. The average molecular weight is 463 g/mol. The third kappa shape index (κ3) is 4.59. The zero-order valence-electron chi connectivity index (χ0n) is 20.4. The molecule has 34 heavy (non-hydrogen) atoms. The first-order chi connectivity index (χ1) is 16.5. The lowest BCUT2D eigenvalue weighted by atomic mass is 9.97. The van der Waals surface area contributed by atoms with Crippen molar-refractivity contribution in [2.45, 2.75) is 53.0 Å². The predicted molar refractivity (Wildman–Crippen MR) is 132 cm³/mol. The van der Waals surface area contributed by atoms with E-state index in [-0.39, 0.29) is 5.91 Å². The molecule has 0 bridgehead atoms. The molecule has 1 aromatic carbocycles. The Labute approximate surface area is 200 Å². The van der Waals surface area contributed by atoms with Crippen molar-refractivity contribution >= 4 is 17.4 Å². The highest BCUT2D eigenvalue weighted by Crippen LogP contribution is 2.38. The number of nitrogens with one attached hydrogen (secondary N) is 2. The maximum absolute atomic E-state index is 11.9. The summed E-state index contributed by atoms with van der Waals surface area (Å²) >= 11 is 0. The molecule has 0 spiro atoms. The van der Waals surface area contributed by atoms with E-state index in [1.807, 2.05) is 11.8 Å². The third-order valence-electron chi connectivity index (χ3n) is 6.97. The van der Waals surface area contributed by atoms with Gasteiger partial charge in [0.2, 0.25) is 5.91 Å². The van der Waals surface area contributed by atoms with Gasteiger partial charge in [0.05, 0.1) is 12.2 Å².